The summed E-state index contributed by atoms with van der Waals surface area (Å²) >= 11 is 0. The van der Waals surface area contributed by atoms with Crippen LogP contribution in [-0.2, 0) is 4.74 Å². The van der Waals surface area contributed by atoms with Gasteiger partial charge in [-0.1, -0.05) is 6.07 Å². The molecule has 0 aromatic heterocycles. The molecule has 1 N–H and O–H groups in total. The van der Waals surface area contributed by atoms with E-state index in [1.807, 2.05) is 0 Å². The number of aromatic carboxylic acids is 1. The molecule has 1 heterocycles. The number of benzene rings is 2. The summed E-state index contributed by atoms with van der Waals surface area (Å²) in [6.45, 7) is 5.92. The first-order valence-corrected chi connectivity index (χ1v) is 9.00. The Morgan fingerprint density at radius 1 is 1.03 bits per heavy atom. The number of carbonyl (C=O) groups excluding carboxylic acids is 1. The van der Waals surface area contributed by atoms with E-state index in [9.17, 15) is 23.5 Å². The minimum atomic E-state index is -1.18. The fraction of sp³-hybridized carbons (Fsp3) is 0.333. The Morgan fingerprint density at radius 3 is 2.31 bits per heavy atom. The quantitative estimate of drug-likeness (QED) is 0.820. The molecular formula is C21H21F2NO5. The van der Waals surface area contributed by atoms with Gasteiger partial charge in [0.05, 0.1) is 18.7 Å². The summed E-state index contributed by atoms with van der Waals surface area (Å²) in [5, 5.41) is 9.35. The number of halogens is 2. The van der Waals surface area contributed by atoms with Gasteiger partial charge in [-0.3, -0.25) is 0 Å². The lowest BCUT2D eigenvalue weighted by Gasteiger charge is -2.39. The highest BCUT2D eigenvalue weighted by Crippen LogP contribution is 2.29. The Morgan fingerprint density at radius 2 is 1.72 bits per heavy atom. The Kier molecular flexibility index (Phi) is 5.46. The van der Waals surface area contributed by atoms with Crippen molar-refractivity contribution in [1.29, 1.82) is 0 Å². The third kappa shape index (κ3) is 5.01. The molecule has 3 rings (SSSR count). The van der Waals surface area contributed by atoms with Gasteiger partial charge in [0.1, 0.15) is 17.5 Å². The third-order valence-electron chi connectivity index (χ3n) is 4.21. The van der Waals surface area contributed by atoms with Gasteiger partial charge in [0, 0.05) is 0 Å². The van der Waals surface area contributed by atoms with E-state index in [2.05, 4.69) is 0 Å². The summed E-state index contributed by atoms with van der Waals surface area (Å²) in [5.41, 5.74) is 0.0477. The number of likely N-dealkylation sites (tertiary alicyclic amines) is 1. The van der Waals surface area contributed by atoms with Crippen LogP contribution in [0.4, 0.5) is 13.6 Å². The lowest BCUT2D eigenvalue weighted by Crippen LogP contribution is -2.57. The molecular weight excluding hydrogens is 384 g/mol. The Labute approximate surface area is 166 Å². The van der Waals surface area contributed by atoms with E-state index >= 15 is 0 Å². The number of carboxylic acids is 1. The van der Waals surface area contributed by atoms with Gasteiger partial charge in [-0.15, -0.1) is 0 Å². The molecule has 1 aliphatic heterocycles. The van der Waals surface area contributed by atoms with Crippen LogP contribution in [0.15, 0.2) is 36.4 Å². The highest BCUT2D eigenvalue weighted by molar-refractivity contribution is 5.90. The highest BCUT2D eigenvalue weighted by atomic mass is 19.2. The van der Waals surface area contributed by atoms with E-state index in [0.29, 0.717) is 24.2 Å². The second-order valence-electron chi connectivity index (χ2n) is 7.81. The fourth-order valence-corrected chi connectivity index (χ4v) is 2.81. The van der Waals surface area contributed by atoms with Gasteiger partial charge in [0.15, 0.2) is 11.6 Å². The molecule has 0 saturated carbocycles. The molecule has 1 aliphatic rings. The number of carbonyl (C=O) groups is 2. The molecule has 1 amide bonds. The molecule has 0 atom stereocenters. The second kappa shape index (κ2) is 7.69. The Bertz CT molecular complexity index is 949. The van der Waals surface area contributed by atoms with Crippen molar-refractivity contribution in [3.8, 4) is 16.9 Å². The topological polar surface area (TPSA) is 76.1 Å². The van der Waals surface area contributed by atoms with Gasteiger partial charge in [0.25, 0.3) is 0 Å². The number of nitrogens with zero attached hydrogens (tertiary/aromatic N) is 1. The first-order chi connectivity index (χ1) is 13.5. The minimum absolute atomic E-state index is 0.0504. The van der Waals surface area contributed by atoms with Crippen molar-refractivity contribution < 1.29 is 33.0 Å². The zero-order valence-electron chi connectivity index (χ0n) is 16.2. The van der Waals surface area contributed by atoms with Crippen molar-refractivity contribution >= 4 is 12.1 Å². The van der Waals surface area contributed by atoms with Gasteiger partial charge < -0.3 is 19.5 Å². The maximum absolute atomic E-state index is 13.6. The predicted molar refractivity (Wildman–Crippen MR) is 101 cm³/mol. The van der Waals surface area contributed by atoms with Crippen molar-refractivity contribution in [2.45, 2.75) is 32.5 Å². The smallest absolute Gasteiger partial charge is 0.410 e. The van der Waals surface area contributed by atoms with E-state index in [0.717, 1.165) is 12.1 Å². The second-order valence-corrected chi connectivity index (χ2v) is 7.81. The zero-order valence-corrected chi connectivity index (χ0v) is 16.2. The lowest BCUT2D eigenvalue weighted by atomic mass is 10.0. The maximum Gasteiger partial charge on any atom is 0.410 e. The van der Waals surface area contributed by atoms with E-state index in [4.69, 9.17) is 9.47 Å². The van der Waals surface area contributed by atoms with Crippen LogP contribution in [0.5, 0.6) is 5.75 Å². The van der Waals surface area contributed by atoms with Gasteiger partial charge in [-0.25, -0.2) is 18.4 Å². The molecule has 0 unspecified atom stereocenters. The average Bonchev–Trinajstić information content (AvgIpc) is 2.58. The lowest BCUT2D eigenvalue weighted by molar-refractivity contribution is -0.0221. The van der Waals surface area contributed by atoms with Gasteiger partial charge in [-0.2, -0.15) is 0 Å². The van der Waals surface area contributed by atoms with E-state index in [1.54, 1.807) is 26.8 Å². The van der Waals surface area contributed by atoms with Gasteiger partial charge >= 0.3 is 12.1 Å². The number of hydrogen-bond donors (Lipinski definition) is 1. The summed E-state index contributed by atoms with van der Waals surface area (Å²) in [6.07, 6.45) is -0.775. The van der Waals surface area contributed by atoms with Crippen LogP contribution in [0.25, 0.3) is 11.1 Å². The van der Waals surface area contributed by atoms with Gasteiger partial charge in [-0.05, 0) is 62.2 Å². The third-order valence-corrected chi connectivity index (χ3v) is 4.21. The summed E-state index contributed by atoms with van der Waals surface area (Å²) in [6, 6.07) is 7.58. The molecule has 0 aliphatic carbocycles. The van der Waals surface area contributed by atoms with Crippen LogP contribution < -0.4 is 4.74 Å². The van der Waals surface area contributed by atoms with Crippen molar-refractivity contribution in [2.75, 3.05) is 13.1 Å². The van der Waals surface area contributed by atoms with Crippen molar-refractivity contribution in [3.63, 3.8) is 0 Å². The van der Waals surface area contributed by atoms with Crippen LogP contribution in [0.3, 0.4) is 0 Å². The van der Waals surface area contributed by atoms with Crippen molar-refractivity contribution in [1.82, 2.24) is 4.90 Å². The summed E-state index contributed by atoms with van der Waals surface area (Å²) in [4.78, 5) is 24.9. The number of hydrogen-bond acceptors (Lipinski definition) is 4. The number of ether oxygens (including phenoxy) is 2. The molecule has 0 spiro atoms. The first-order valence-electron chi connectivity index (χ1n) is 9.00. The summed E-state index contributed by atoms with van der Waals surface area (Å²) in [7, 11) is 0. The van der Waals surface area contributed by atoms with Crippen LogP contribution in [0, 0.1) is 11.6 Å². The Balaban J connectivity index is 1.75. The van der Waals surface area contributed by atoms with Crippen molar-refractivity contribution in [2.24, 2.45) is 0 Å². The van der Waals surface area contributed by atoms with E-state index < -0.39 is 29.3 Å². The van der Waals surface area contributed by atoms with Gasteiger partial charge in [0.2, 0.25) is 0 Å². The molecule has 0 radical (unpaired) electrons. The average molecular weight is 405 g/mol. The largest absolute Gasteiger partial charge is 0.487 e. The molecule has 1 fully saturated rings. The standard InChI is InChI=1S/C21H21F2NO5/c1-21(2,3)29-20(27)24-10-16(11-24)28-15-7-13(6-14(8-15)19(25)26)12-4-5-17(22)18(23)9-12/h4-9,16H,10-11H2,1-3H3,(H,25,26). The molecule has 2 aromatic carbocycles. The van der Waals surface area contributed by atoms with Crippen molar-refractivity contribution in [3.05, 3.63) is 53.6 Å². The minimum Gasteiger partial charge on any atom is -0.487 e. The molecule has 29 heavy (non-hydrogen) atoms. The van der Waals surface area contributed by atoms with E-state index in [-0.39, 0.29) is 17.4 Å². The normalized spacial score (nSPS) is 14.3. The Hall–Kier alpha value is -3.16. The summed E-state index contributed by atoms with van der Waals surface area (Å²) in [5.74, 6) is -2.93. The molecule has 1 saturated heterocycles. The maximum atomic E-state index is 13.6. The number of amides is 1. The summed E-state index contributed by atoms with van der Waals surface area (Å²) < 4.78 is 37.8. The molecule has 6 nitrogen and oxygen atoms in total. The SMILES string of the molecule is CC(C)(C)OC(=O)N1CC(Oc2cc(C(=O)O)cc(-c3ccc(F)c(F)c3)c2)C1. The fourth-order valence-electron chi connectivity index (χ4n) is 2.81. The number of rotatable bonds is 4. The predicted octanol–water partition coefficient (Wildman–Crippen LogP) is 4.33. The van der Waals surface area contributed by atoms with E-state index in [1.165, 1.54) is 23.1 Å². The highest BCUT2D eigenvalue weighted by Gasteiger charge is 2.35. The van der Waals surface area contributed by atoms with Crippen LogP contribution in [-0.4, -0.2) is 46.9 Å². The molecule has 2 aromatic rings. The monoisotopic (exact) mass is 405 g/mol. The zero-order chi connectivity index (χ0) is 21.3. The first kappa shape index (κ1) is 20.6. The molecule has 154 valence electrons. The van der Waals surface area contributed by atoms with Crippen LogP contribution >= 0.6 is 0 Å². The van der Waals surface area contributed by atoms with Crippen LogP contribution in [0.2, 0.25) is 0 Å². The molecule has 8 heteroatoms. The molecule has 0 bridgehead atoms. The number of carboxylic acid groups (broad SMARTS) is 1. The van der Waals surface area contributed by atoms with Crippen LogP contribution in [0.1, 0.15) is 31.1 Å².